The Morgan fingerprint density at radius 3 is 2.29 bits per heavy atom. The van der Waals surface area contributed by atoms with Gasteiger partial charge in [-0.2, -0.15) is 13.2 Å². The third kappa shape index (κ3) is 5.18. The van der Waals surface area contributed by atoms with Crippen LogP contribution in [0.2, 0.25) is 0 Å². The summed E-state index contributed by atoms with van der Waals surface area (Å²) < 4.78 is 39.2. The van der Waals surface area contributed by atoms with E-state index in [4.69, 9.17) is 5.11 Å². The highest BCUT2D eigenvalue weighted by Crippen LogP contribution is 2.23. The molecule has 0 aliphatic carbocycles. The Morgan fingerprint density at radius 1 is 1.50 bits per heavy atom. The Bertz CT molecular complexity index is 246. The number of halogens is 3. The molecular formula is C7H7F3O4. The smallest absolute Gasteiger partial charge is 0.393 e. The molecule has 0 heterocycles. The minimum Gasteiger partial charge on any atom is -0.478 e. The first-order valence-electron chi connectivity index (χ1n) is 3.39. The highest BCUT2D eigenvalue weighted by atomic mass is 19.4. The predicted octanol–water partition coefficient (Wildman–Crippen LogP) is 1.12. The van der Waals surface area contributed by atoms with Gasteiger partial charge in [-0.25, -0.2) is 9.59 Å². The molecule has 0 spiro atoms. The molecule has 1 unspecified atom stereocenters. The van der Waals surface area contributed by atoms with Crippen LogP contribution >= 0.6 is 0 Å². The van der Waals surface area contributed by atoms with E-state index in [2.05, 4.69) is 11.3 Å². The Labute approximate surface area is 77.0 Å². The fraction of sp³-hybridized carbons (Fsp3) is 0.429. The predicted molar refractivity (Wildman–Crippen MR) is 38.4 cm³/mol. The zero-order valence-corrected chi connectivity index (χ0v) is 6.87. The molecule has 0 aliphatic heterocycles. The van der Waals surface area contributed by atoms with Crippen LogP contribution in [0.3, 0.4) is 0 Å². The van der Waals surface area contributed by atoms with E-state index in [0.717, 1.165) is 0 Å². The molecule has 0 radical (unpaired) electrons. The summed E-state index contributed by atoms with van der Waals surface area (Å²) in [5.41, 5.74) is 0. The monoisotopic (exact) mass is 212 g/mol. The van der Waals surface area contributed by atoms with Gasteiger partial charge >= 0.3 is 18.1 Å². The first-order chi connectivity index (χ1) is 6.26. The molecule has 0 aliphatic rings. The average Bonchev–Trinajstić information content (AvgIpc) is 2.00. The van der Waals surface area contributed by atoms with Gasteiger partial charge in [0.05, 0.1) is 6.42 Å². The van der Waals surface area contributed by atoms with E-state index in [9.17, 15) is 22.8 Å². The maximum Gasteiger partial charge on any atom is 0.393 e. The van der Waals surface area contributed by atoms with E-state index >= 15 is 0 Å². The molecule has 0 aromatic heterocycles. The van der Waals surface area contributed by atoms with Crippen LogP contribution < -0.4 is 0 Å². The second-order valence-electron chi connectivity index (χ2n) is 2.29. The lowest BCUT2D eigenvalue weighted by Crippen LogP contribution is -2.31. The number of aliphatic carboxylic acids is 1. The van der Waals surface area contributed by atoms with Gasteiger partial charge in [-0.05, 0) is 0 Å². The maximum atomic E-state index is 11.7. The van der Waals surface area contributed by atoms with Crippen molar-refractivity contribution in [2.75, 3.05) is 0 Å². The first kappa shape index (κ1) is 12.5. The summed E-state index contributed by atoms with van der Waals surface area (Å²) in [6.45, 7) is 2.92. The summed E-state index contributed by atoms with van der Waals surface area (Å²) in [5.74, 6) is -3.06. The van der Waals surface area contributed by atoms with Gasteiger partial charge < -0.3 is 9.84 Å². The quantitative estimate of drug-likeness (QED) is 0.560. The third-order valence-electron chi connectivity index (χ3n) is 1.12. The molecule has 0 aromatic carbocycles. The lowest BCUT2D eigenvalue weighted by atomic mass is 10.2. The van der Waals surface area contributed by atoms with Crippen molar-refractivity contribution in [1.29, 1.82) is 0 Å². The van der Waals surface area contributed by atoms with E-state index in [0.29, 0.717) is 6.08 Å². The van der Waals surface area contributed by atoms with Crippen molar-refractivity contribution in [3.8, 4) is 0 Å². The van der Waals surface area contributed by atoms with Crippen molar-refractivity contribution in [3.05, 3.63) is 12.7 Å². The van der Waals surface area contributed by atoms with E-state index in [1.165, 1.54) is 0 Å². The lowest BCUT2D eigenvalue weighted by molar-refractivity contribution is -0.183. The number of carboxylic acids is 1. The van der Waals surface area contributed by atoms with Crippen LogP contribution in [-0.4, -0.2) is 29.3 Å². The topological polar surface area (TPSA) is 63.6 Å². The molecule has 1 N–H and O–H groups in total. The number of alkyl halides is 3. The Morgan fingerprint density at radius 2 is 2.00 bits per heavy atom. The van der Waals surface area contributed by atoms with Crippen LogP contribution in [0.25, 0.3) is 0 Å². The fourth-order valence-electron chi connectivity index (χ4n) is 0.578. The van der Waals surface area contributed by atoms with Gasteiger partial charge in [0.25, 0.3) is 0 Å². The standard InChI is InChI=1S/C7H7F3O4/c1-2-5(11)14-4(6(12)13)3-7(8,9)10/h2,4H,1,3H2,(H,12,13). The lowest BCUT2D eigenvalue weighted by Gasteiger charge is -2.14. The van der Waals surface area contributed by atoms with E-state index in [1.807, 2.05) is 0 Å². The van der Waals surface area contributed by atoms with Crippen LogP contribution in [0.15, 0.2) is 12.7 Å². The molecule has 0 amide bonds. The molecule has 7 heteroatoms. The molecule has 0 fully saturated rings. The zero-order chi connectivity index (χ0) is 11.4. The molecule has 14 heavy (non-hydrogen) atoms. The molecule has 4 nitrogen and oxygen atoms in total. The summed E-state index contributed by atoms with van der Waals surface area (Å²) in [4.78, 5) is 20.7. The summed E-state index contributed by atoms with van der Waals surface area (Å²) in [6.07, 6.45) is -8.06. The van der Waals surface area contributed by atoms with Gasteiger partial charge in [-0.15, -0.1) is 0 Å². The summed E-state index contributed by atoms with van der Waals surface area (Å²) in [5, 5.41) is 8.27. The molecule has 0 aromatic rings. The fourth-order valence-corrected chi connectivity index (χ4v) is 0.578. The van der Waals surface area contributed by atoms with Gasteiger partial charge in [-0.1, -0.05) is 6.58 Å². The number of ether oxygens (including phenoxy) is 1. The van der Waals surface area contributed by atoms with E-state index in [-0.39, 0.29) is 0 Å². The van der Waals surface area contributed by atoms with Crippen molar-refractivity contribution in [3.63, 3.8) is 0 Å². The van der Waals surface area contributed by atoms with Gasteiger partial charge in [0, 0.05) is 6.08 Å². The third-order valence-corrected chi connectivity index (χ3v) is 1.12. The molecular weight excluding hydrogens is 205 g/mol. The Balaban J connectivity index is 4.38. The summed E-state index contributed by atoms with van der Waals surface area (Å²) in [6, 6.07) is 0. The Kier molecular flexibility index (Phi) is 4.13. The van der Waals surface area contributed by atoms with Gasteiger partial charge in [-0.3, -0.25) is 0 Å². The SMILES string of the molecule is C=CC(=O)OC(CC(F)(F)F)C(=O)O. The van der Waals surface area contributed by atoms with Crippen molar-refractivity contribution < 1.29 is 32.6 Å². The van der Waals surface area contributed by atoms with Gasteiger partial charge in [0.2, 0.25) is 6.10 Å². The number of carboxylic acid groups (broad SMARTS) is 1. The largest absolute Gasteiger partial charge is 0.478 e. The van der Waals surface area contributed by atoms with E-state index in [1.54, 1.807) is 0 Å². The minimum atomic E-state index is -4.70. The van der Waals surface area contributed by atoms with Crippen LogP contribution in [0.4, 0.5) is 13.2 Å². The highest BCUT2D eigenvalue weighted by molar-refractivity contribution is 5.84. The number of esters is 1. The number of hydrogen-bond donors (Lipinski definition) is 1. The molecule has 0 bridgehead atoms. The second-order valence-corrected chi connectivity index (χ2v) is 2.29. The molecule has 0 saturated heterocycles. The first-order valence-corrected chi connectivity index (χ1v) is 3.39. The van der Waals surface area contributed by atoms with Crippen LogP contribution in [-0.2, 0) is 14.3 Å². The highest BCUT2D eigenvalue weighted by Gasteiger charge is 2.37. The number of carbonyl (C=O) groups is 2. The van der Waals surface area contributed by atoms with Crippen molar-refractivity contribution in [2.24, 2.45) is 0 Å². The summed E-state index contributed by atoms with van der Waals surface area (Å²) >= 11 is 0. The van der Waals surface area contributed by atoms with Crippen molar-refractivity contribution in [2.45, 2.75) is 18.7 Å². The number of hydrogen-bond acceptors (Lipinski definition) is 3. The second kappa shape index (κ2) is 4.64. The Hall–Kier alpha value is -1.53. The summed E-state index contributed by atoms with van der Waals surface area (Å²) in [7, 11) is 0. The van der Waals surface area contributed by atoms with Crippen LogP contribution in [0, 0.1) is 0 Å². The molecule has 80 valence electrons. The molecule has 1 atom stereocenters. The van der Waals surface area contributed by atoms with Crippen molar-refractivity contribution >= 4 is 11.9 Å². The number of rotatable bonds is 4. The van der Waals surface area contributed by atoms with Crippen LogP contribution in [0.1, 0.15) is 6.42 Å². The van der Waals surface area contributed by atoms with Crippen LogP contribution in [0.5, 0.6) is 0 Å². The van der Waals surface area contributed by atoms with Crippen molar-refractivity contribution in [1.82, 2.24) is 0 Å². The van der Waals surface area contributed by atoms with E-state index < -0.39 is 30.6 Å². The van der Waals surface area contributed by atoms with Gasteiger partial charge in [0.15, 0.2) is 0 Å². The maximum absolute atomic E-state index is 11.7. The molecule has 0 rings (SSSR count). The zero-order valence-electron chi connectivity index (χ0n) is 6.87. The number of carbonyl (C=O) groups excluding carboxylic acids is 1. The minimum absolute atomic E-state index is 0.590. The molecule has 0 saturated carbocycles. The normalized spacial score (nSPS) is 13.1. The average molecular weight is 212 g/mol. The van der Waals surface area contributed by atoms with Gasteiger partial charge in [0.1, 0.15) is 0 Å².